The van der Waals surface area contributed by atoms with E-state index in [4.69, 9.17) is 0 Å². The van der Waals surface area contributed by atoms with Gasteiger partial charge in [0.15, 0.2) is 0 Å². The van der Waals surface area contributed by atoms with Gasteiger partial charge in [0.1, 0.15) is 0 Å². The number of rotatable bonds is 3. The fraction of sp³-hybridized carbons (Fsp3) is 0.214. The maximum atomic E-state index is 13.0. The summed E-state index contributed by atoms with van der Waals surface area (Å²) < 4.78 is 39.0. The molecule has 2 nitrogen and oxygen atoms in total. The topological polar surface area (TPSA) is 24.9 Å². The van der Waals surface area contributed by atoms with E-state index >= 15 is 0 Å². The quantitative estimate of drug-likeness (QED) is 0.920. The molecule has 0 aliphatic heterocycles. The lowest BCUT2D eigenvalue weighted by Crippen LogP contribution is -2.22. The number of benzene rings is 1. The summed E-state index contributed by atoms with van der Waals surface area (Å²) in [5, 5.41) is 2.88. The van der Waals surface area contributed by atoms with Gasteiger partial charge in [-0.3, -0.25) is 4.98 Å². The maximum absolute atomic E-state index is 13.0. The van der Waals surface area contributed by atoms with Crippen LogP contribution >= 0.6 is 0 Å². The summed E-state index contributed by atoms with van der Waals surface area (Å²) >= 11 is 0. The lowest BCUT2D eigenvalue weighted by molar-refractivity contribution is -0.138. The summed E-state index contributed by atoms with van der Waals surface area (Å²) in [6, 6.07) is 10.1. The number of nitrogens with one attached hydrogen (secondary N) is 1. The summed E-state index contributed by atoms with van der Waals surface area (Å²) in [6.45, 7) is 0. The first-order valence-electron chi connectivity index (χ1n) is 5.78. The molecule has 0 aliphatic carbocycles. The van der Waals surface area contributed by atoms with E-state index in [0.29, 0.717) is 5.69 Å². The molecule has 0 aliphatic rings. The molecule has 1 aromatic heterocycles. The van der Waals surface area contributed by atoms with Crippen molar-refractivity contribution in [3.05, 3.63) is 65.5 Å². The normalized spacial score (nSPS) is 13.3. The molecule has 19 heavy (non-hydrogen) atoms. The fourth-order valence-electron chi connectivity index (χ4n) is 2.02. The molecule has 0 saturated carbocycles. The minimum absolute atomic E-state index is 0.177. The lowest BCUT2D eigenvalue weighted by Gasteiger charge is -2.20. The van der Waals surface area contributed by atoms with Gasteiger partial charge in [0.2, 0.25) is 0 Å². The van der Waals surface area contributed by atoms with E-state index in [2.05, 4.69) is 10.3 Å². The molecule has 1 heterocycles. The second kappa shape index (κ2) is 5.40. The van der Waals surface area contributed by atoms with Crippen molar-refractivity contribution in [2.75, 3.05) is 7.05 Å². The Balaban J connectivity index is 2.51. The van der Waals surface area contributed by atoms with Crippen LogP contribution in [0.2, 0.25) is 0 Å². The molecular weight excluding hydrogens is 253 g/mol. The third-order valence-electron chi connectivity index (χ3n) is 2.85. The van der Waals surface area contributed by atoms with Gasteiger partial charge < -0.3 is 5.32 Å². The first kappa shape index (κ1) is 13.5. The molecule has 5 heteroatoms. The van der Waals surface area contributed by atoms with Crippen LogP contribution in [0.5, 0.6) is 0 Å². The third kappa shape index (κ3) is 2.93. The predicted octanol–water partition coefficient (Wildman–Crippen LogP) is 3.41. The van der Waals surface area contributed by atoms with Gasteiger partial charge in [0, 0.05) is 6.20 Å². The Kier molecular flexibility index (Phi) is 3.85. The Morgan fingerprint density at radius 3 is 2.32 bits per heavy atom. The average Bonchev–Trinajstić information content (AvgIpc) is 2.40. The van der Waals surface area contributed by atoms with Crippen molar-refractivity contribution < 1.29 is 13.2 Å². The van der Waals surface area contributed by atoms with Crippen molar-refractivity contribution in [3.63, 3.8) is 0 Å². The van der Waals surface area contributed by atoms with Gasteiger partial charge in [-0.25, -0.2) is 0 Å². The van der Waals surface area contributed by atoms with Gasteiger partial charge in [0.05, 0.1) is 17.3 Å². The SMILES string of the molecule is CNC(c1ccccn1)c1ccccc1C(F)(F)F. The van der Waals surface area contributed by atoms with Gasteiger partial charge in [-0.05, 0) is 30.8 Å². The van der Waals surface area contributed by atoms with Gasteiger partial charge in [0.25, 0.3) is 0 Å². The highest BCUT2D eigenvalue weighted by Gasteiger charge is 2.35. The summed E-state index contributed by atoms with van der Waals surface area (Å²) in [5.74, 6) is 0. The van der Waals surface area contributed by atoms with Crippen molar-refractivity contribution in [1.82, 2.24) is 10.3 Å². The Bertz CT molecular complexity index is 538. The smallest absolute Gasteiger partial charge is 0.308 e. The first-order valence-corrected chi connectivity index (χ1v) is 5.78. The summed E-state index contributed by atoms with van der Waals surface area (Å²) in [5.41, 5.74) is 0.0953. The van der Waals surface area contributed by atoms with Crippen molar-refractivity contribution in [3.8, 4) is 0 Å². The molecule has 1 aromatic carbocycles. The monoisotopic (exact) mass is 266 g/mol. The highest BCUT2D eigenvalue weighted by Crippen LogP contribution is 2.35. The molecule has 1 unspecified atom stereocenters. The van der Waals surface area contributed by atoms with E-state index in [0.717, 1.165) is 6.07 Å². The van der Waals surface area contributed by atoms with Crippen LogP contribution in [-0.2, 0) is 6.18 Å². The predicted molar refractivity (Wildman–Crippen MR) is 66.6 cm³/mol. The Hall–Kier alpha value is -1.88. The van der Waals surface area contributed by atoms with Crippen molar-refractivity contribution in [2.45, 2.75) is 12.2 Å². The molecule has 0 fully saturated rings. The number of nitrogens with zero attached hydrogens (tertiary/aromatic N) is 1. The molecule has 100 valence electrons. The van der Waals surface area contributed by atoms with E-state index < -0.39 is 17.8 Å². The first-order chi connectivity index (χ1) is 9.04. The molecule has 0 radical (unpaired) electrons. The van der Waals surface area contributed by atoms with Crippen molar-refractivity contribution in [1.29, 1.82) is 0 Å². The number of aromatic nitrogens is 1. The van der Waals surface area contributed by atoms with Crippen LogP contribution in [0, 0.1) is 0 Å². The molecule has 0 saturated heterocycles. The standard InChI is InChI=1S/C14H13F3N2/c1-18-13(12-8-4-5-9-19-12)10-6-2-3-7-11(10)14(15,16)17/h2-9,13,18H,1H3. The van der Waals surface area contributed by atoms with E-state index in [1.165, 1.54) is 12.1 Å². The Morgan fingerprint density at radius 2 is 1.74 bits per heavy atom. The molecule has 1 N–H and O–H groups in total. The number of hydrogen-bond acceptors (Lipinski definition) is 2. The van der Waals surface area contributed by atoms with Crippen LogP contribution < -0.4 is 5.32 Å². The Labute approximate surface area is 109 Å². The summed E-state index contributed by atoms with van der Waals surface area (Å²) in [4.78, 5) is 4.12. The van der Waals surface area contributed by atoms with E-state index in [9.17, 15) is 13.2 Å². The minimum Gasteiger partial charge on any atom is -0.308 e. The van der Waals surface area contributed by atoms with Crippen LogP contribution in [0.25, 0.3) is 0 Å². The molecule has 0 bridgehead atoms. The lowest BCUT2D eigenvalue weighted by atomic mass is 9.97. The third-order valence-corrected chi connectivity index (χ3v) is 2.85. The van der Waals surface area contributed by atoms with Crippen LogP contribution in [0.3, 0.4) is 0 Å². The van der Waals surface area contributed by atoms with Gasteiger partial charge in [-0.15, -0.1) is 0 Å². The average molecular weight is 266 g/mol. The molecule has 1 atom stereocenters. The second-order valence-corrected chi connectivity index (χ2v) is 4.06. The van der Waals surface area contributed by atoms with Crippen molar-refractivity contribution >= 4 is 0 Å². The number of pyridine rings is 1. The number of hydrogen-bond donors (Lipinski definition) is 1. The second-order valence-electron chi connectivity index (χ2n) is 4.06. The molecule has 2 aromatic rings. The zero-order valence-corrected chi connectivity index (χ0v) is 10.3. The van der Waals surface area contributed by atoms with E-state index in [-0.39, 0.29) is 5.56 Å². The highest BCUT2D eigenvalue weighted by molar-refractivity contribution is 5.36. The molecule has 0 spiro atoms. The summed E-state index contributed by atoms with van der Waals surface area (Å²) in [7, 11) is 1.62. The van der Waals surface area contributed by atoms with E-state index in [1.54, 1.807) is 37.5 Å². The van der Waals surface area contributed by atoms with Crippen LogP contribution in [-0.4, -0.2) is 12.0 Å². The van der Waals surface area contributed by atoms with Gasteiger partial charge >= 0.3 is 6.18 Å². The molecule has 0 amide bonds. The van der Waals surface area contributed by atoms with Crippen LogP contribution in [0.4, 0.5) is 13.2 Å². The maximum Gasteiger partial charge on any atom is 0.416 e. The largest absolute Gasteiger partial charge is 0.416 e. The van der Waals surface area contributed by atoms with Crippen LogP contribution in [0.15, 0.2) is 48.7 Å². The highest BCUT2D eigenvalue weighted by atomic mass is 19.4. The zero-order chi connectivity index (χ0) is 13.9. The molecule has 2 rings (SSSR count). The summed E-state index contributed by atoms with van der Waals surface area (Å²) in [6.07, 6.45) is -2.81. The zero-order valence-electron chi connectivity index (χ0n) is 10.3. The van der Waals surface area contributed by atoms with Gasteiger partial charge in [-0.2, -0.15) is 13.2 Å². The fourth-order valence-corrected chi connectivity index (χ4v) is 2.02. The number of alkyl halides is 3. The van der Waals surface area contributed by atoms with Crippen LogP contribution in [0.1, 0.15) is 22.9 Å². The molecular formula is C14H13F3N2. The van der Waals surface area contributed by atoms with E-state index in [1.807, 2.05) is 0 Å². The van der Waals surface area contributed by atoms with Gasteiger partial charge in [-0.1, -0.05) is 24.3 Å². The minimum atomic E-state index is -4.37. The number of halogens is 3. The Morgan fingerprint density at radius 1 is 1.05 bits per heavy atom. The van der Waals surface area contributed by atoms with Crippen molar-refractivity contribution in [2.24, 2.45) is 0 Å².